The first-order valence-electron chi connectivity index (χ1n) is 6.06. The predicted octanol–water partition coefficient (Wildman–Crippen LogP) is 4.19. The van der Waals surface area contributed by atoms with Crippen molar-refractivity contribution in [1.82, 2.24) is 0 Å². The van der Waals surface area contributed by atoms with Crippen LogP contribution in [0.4, 0.5) is 15.8 Å². The van der Waals surface area contributed by atoms with Gasteiger partial charge in [-0.25, -0.2) is 4.39 Å². The second kappa shape index (κ2) is 6.05. The Balaban J connectivity index is 2.21. The van der Waals surface area contributed by atoms with Gasteiger partial charge in [0.2, 0.25) is 0 Å². The molecule has 0 unspecified atom stereocenters. The fourth-order valence-electron chi connectivity index (χ4n) is 1.85. The highest BCUT2D eigenvalue weighted by Crippen LogP contribution is 2.21. The number of aryl methyl sites for hydroxylation is 1. The van der Waals surface area contributed by atoms with Crippen molar-refractivity contribution < 1.29 is 9.18 Å². The fraction of sp³-hybridized carbons (Fsp3) is 0.133. The number of nitrogens with one attached hydrogen (secondary N) is 2. The molecule has 2 aromatic carbocycles. The minimum absolute atomic E-state index is 0.219. The van der Waals surface area contributed by atoms with E-state index in [2.05, 4.69) is 26.6 Å². The van der Waals surface area contributed by atoms with Crippen LogP contribution < -0.4 is 10.6 Å². The number of hydrogen-bond acceptors (Lipinski definition) is 2. The Morgan fingerprint density at radius 1 is 1.15 bits per heavy atom. The average Bonchev–Trinajstić information content (AvgIpc) is 2.42. The Labute approximate surface area is 125 Å². The van der Waals surface area contributed by atoms with Crippen molar-refractivity contribution in [2.45, 2.75) is 6.92 Å². The van der Waals surface area contributed by atoms with Crippen LogP contribution in [0.5, 0.6) is 0 Å². The molecule has 0 aliphatic rings. The molecule has 2 N–H and O–H groups in total. The van der Waals surface area contributed by atoms with Gasteiger partial charge in [-0.05, 0) is 64.8 Å². The van der Waals surface area contributed by atoms with Crippen LogP contribution in [0, 0.1) is 12.7 Å². The maximum atomic E-state index is 13.1. The lowest BCUT2D eigenvalue weighted by Gasteiger charge is -2.10. The Kier molecular flexibility index (Phi) is 4.39. The highest BCUT2D eigenvalue weighted by atomic mass is 79.9. The van der Waals surface area contributed by atoms with Gasteiger partial charge >= 0.3 is 0 Å². The van der Waals surface area contributed by atoms with Crippen molar-refractivity contribution in [2.75, 3.05) is 17.7 Å². The van der Waals surface area contributed by atoms with Gasteiger partial charge in [0.15, 0.2) is 0 Å². The molecule has 0 saturated heterocycles. The normalized spacial score (nSPS) is 10.2. The minimum Gasteiger partial charge on any atom is -0.388 e. The minimum atomic E-state index is -0.363. The Morgan fingerprint density at radius 2 is 1.85 bits per heavy atom. The third-order valence-electron chi connectivity index (χ3n) is 2.94. The van der Waals surface area contributed by atoms with Crippen molar-refractivity contribution in [3.8, 4) is 0 Å². The van der Waals surface area contributed by atoms with Crippen LogP contribution in [-0.4, -0.2) is 13.0 Å². The van der Waals surface area contributed by atoms with E-state index < -0.39 is 0 Å². The van der Waals surface area contributed by atoms with E-state index in [0.717, 1.165) is 11.3 Å². The second-order valence-corrected chi connectivity index (χ2v) is 5.22. The quantitative estimate of drug-likeness (QED) is 0.882. The smallest absolute Gasteiger partial charge is 0.255 e. The van der Waals surface area contributed by atoms with Crippen LogP contribution in [0.3, 0.4) is 0 Å². The molecule has 2 aromatic rings. The number of carbonyl (C=O) groups is 1. The predicted molar refractivity (Wildman–Crippen MR) is 82.8 cm³/mol. The summed E-state index contributed by atoms with van der Waals surface area (Å²) in [5.41, 5.74) is 2.95. The van der Waals surface area contributed by atoms with Gasteiger partial charge in [0.25, 0.3) is 5.91 Å². The molecular weight excluding hydrogens is 323 g/mol. The zero-order valence-electron chi connectivity index (χ0n) is 11.1. The van der Waals surface area contributed by atoms with E-state index in [0.29, 0.717) is 15.7 Å². The van der Waals surface area contributed by atoms with Crippen molar-refractivity contribution >= 4 is 33.2 Å². The number of rotatable bonds is 3. The third-order valence-corrected chi connectivity index (χ3v) is 3.54. The lowest BCUT2D eigenvalue weighted by molar-refractivity contribution is 0.102. The summed E-state index contributed by atoms with van der Waals surface area (Å²) in [5.74, 6) is -0.582. The number of carbonyl (C=O) groups excluding carboxylic acids is 1. The Bertz CT molecular complexity index is 658. The molecule has 0 fully saturated rings. The van der Waals surface area contributed by atoms with E-state index in [1.54, 1.807) is 6.07 Å². The standard InChI is InChI=1S/C15H14BrFN2O/c1-9-7-10(18-2)3-5-12(9)15(20)19-11-4-6-14(17)13(16)8-11/h3-8,18H,1-2H3,(H,19,20). The summed E-state index contributed by atoms with van der Waals surface area (Å²) in [5, 5.41) is 5.77. The molecule has 0 aromatic heterocycles. The maximum absolute atomic E-state index is 13.1. The zero-order valence-corrected chi connectivity index (χ0v) is 12.7. The molecule has 0 bridgehead atoms. The van der Waals surface area contributed by atoms with Crippen molar-refractivity contribution in [3.05, 3.63) is 57.8 Å². The van der Waals surface area contributed by atoms with E-state index >= 15 is 0 Å². The van der Waals surface area contributed by atoms with Gasteiger partial charge in [-0.3, -0.25) is 4.79 Å². The summed E-state index contributed by atoms with van der Waals surface area (Å²) >= 11 is 3.09. The van der Waals surface area contributed by atoms with Gasteiger partial charge in [-0.15, -0.1) is 0 Å². The van der Waals surface area contributed by atoms with Crippen LogP contribution in [-0.2, 0) is 0 Å². The van der Waals surface area contributed by atoms with E-state index in [1.165, 1.54) is 18.2 Å². The topological polar surface area (TPSA) is 41.1 Å². The molecule has 0 spiro atoms. The highest BCUT2D eigenvalue weighted by Gasteiger charge is 2.10. The molecule has 2 rings (SSSR count). The Hall–Kier alpha value is -1.88. The molecule has 1 amide bonds. The number of hydrogen-bond donors (Lipinski definition) is 2. The molecule has 0 saturated carbocycles. The molecule has 0 atom stereocenters. The first kappa shape index (κ1) is 14.5. The highest BCUT2D eigenvalue weighted by molar-refractivity contribution is 9.10. The van der Waals surface area contributed by atoms with Crippen LogP contribution in [0.2, 0.25) is 0 Å². The average molecular weight is 337 g/mol. The van der Waals surface area contributed by atoms with Gasteiger partial charge in [0.1, 0.15) is 5.82 Å². The van der Waals surface area contributed by atoms with Crippen LogP contribution in [0.25, 0.3) is 0 Å². The van der Waals surface area contributed by atoms with E-state index in [1.807, 2.05) is 26.1 Å². The monoisotopic (exact) mass is 336 g/mol. The molecule has 0 aliphatic carbocycles. The number of halogens is 2. The van der Waals surface area contributed by atoms with Crippen molar-refractivity contribution in [2.24, 2.45) is 0 Å². The number of amides is 1. The largest absolute Gasteiger partial charge is 0.388 e. The van der Waals surface area contributed by atoms with Crippen molar-refractivity contribution in [3.63, 3.8) is 0 Å². The van der Waals surface area contributed by atoms with Gasteiger partial charge in [0.05, 0.1) is 4.47 Å². The number of anilines is 2. The third kappa shape index (κ3) is 3.17. The van der Waals surface area contributed by atoms with Crippen molar-refractivity contribution in [1.29, 1.82) is 0 Å². The molecule has 0 aliphatic heterocycles. The lowest BCUT2D eigenvalue weighted by atomic mass is 10.1. The summed E-state index contributed by atoms with van der Waals surface area (Å²) in [7, 11) is 1.82. The lowest BCUT2D eigenvalue weighted by Crippen LogP contribution is -2.13. The van der Waals surface area contributed by atoms with E-state index in [-0.39, 0.29) is 11.7 Å². The van der Waals surface area contributed by atoms with Gasteiger partial charge in [-0.1, -0.05) is 0 Å². The van der Waals surface area contributed by atoms with Crippen LogP contribution >= 0.6 is 15.9 Å². The molecular formula is C15H14BrFN2O. The zero-order chi connectivity index (χ0) is 14.7. The summed E-state index contributed by atoms with van der Waals surface area (Å²) in [6.45, 7) is 1.87. The second-order valence-electron chi connectivity index (χ2n) is 4.36. The van der Waals surface area contributed by atoms with Gasteiger partial charge < -0.3 is 10.6 Å². The molecule has 0 heterocycles. The van der Waals surface area contributed by atoms with E-state index in [4.69, 9.17) is 0 Å². The van der Waals surface area contributed by atoms with Gasteiger partial charge in [0, 0.05) is 24.0 Å². The molecule has 104 valence electrons. The summed E-state index contributed by atoms with van der Waals surface area (Å²) in [4.78, 5) is 12.2. The summed E-state index contributed by atoms with van der Waals surface area (Å²) in [6, 6.07) is 9.85. The SMILES string of the molecule is CNc1ccc(C(=O)Nc2ccc(F)c(Br)c2)c(C)c1. The molecule has 3 nitrogen and oxygen atoms in total. The maximum Gasteiger partial charge on any atom is 0.255 e. The molecule has 0 radical (unpaired) electrons. The fourth-order valence-corrected chi connectivity index (χ4v) is 2.23. The summed E-state index contributed by atoms with van der Waals surface area (Å²) < 4.78 is 13.5. The Morgan fingerprint density at radius 3 is 2.45 bits per heavy atom. The molecule has 20 heavy (non-hydrogen) atoms. The van der Waals surface area contributed by atoms with Crippen LogP contribution in [0.1, 0.15) is 15.9 Å². The number of benzene rings is 2. The van der Waals surface area contributed by atoms with Crippen LogP contribution in [0.15, 0.2) is 40.9 Å². The molecule has 5 heteroatoms. The van der Waals surface area contributed by atoms with E-state index in [9.17, 15) is 9.18 Å². The summed E-state index contributed by atoms with van der Waals surface area (Å²) in [6.07, 6.45) is 0. The first-order valence-corrected chi connectivity index (χ1v) is 6.85. The first-order chi connectivity index (χ1) is 9.51. The van der Waals surface area contributed by atoms with Gasteiger partial charge in [-0.2, -0.15) is 0 Å².